The Morgan fingerprint density at radius 2 is 1.57 bits per heavy atom. The smallest absolute Gasteiger partial charge is 0.182 e. The third-order valence-corrected chi connectivity index (χ3v) is 2.60. The molecule has 0 aromatic heterocycles. The maximum absolute atomic E-state index is 8.97. The van der Waals surface area contributed by atoms with E-state index in [9.17, 15) is 0 Å². The van der Waals surface area contributed by atoms with Gasteiger partial charge >= 0.3 is 0 Å². The fraction of sp³-hybridized carbons (Fsp3) is 1.00. The minimum absolute atomic E-state index is 0. The standard InChI is InChI=1S/C4H12OSi.Ti/c1-4-6(2,3)5;/h5H,4H2,1-3H3;. The molecule has 3 heteroatoms. The van der Waals surface area contributed by atoms with Crippen LogP contribution in [-0.4, -0.2) is 13.1 Å². The first-order chi connectivity index (χ1) is 2.56. The Labute approximate surface area is 61.1 Å². The Bertz CT molecular complexity index is 41.4. The van der Waals surface area contributed by atoms with Crippen molar-refractivity contribution in [1.29, 1.82) is 0 Å². The molecule has 0 atom stereocenters. The van der Waals surface area contributed by atoms with Crippen molar-refractivity contribution < 1.29 is 26.5 Å². The van der Waals surface area contributed by atoms with E-state index in [-0.39, 0.29) is 21.7 Å². The van der Waals surface area contributed by atoms with Gasteiger partial charge in [-0.05, 0) is 19.1 Å². The monoisotopic (exact) mass is 152 g/mol. The summed E-state index contributed by atoms with van der Waals surface area (Å²) in [5.74, 6) is 0. The van der Waals surface area contributed by atoms with Gasteiger partial charge in [-0.15, -0.1) is 0 Å². The van der Waals surface area contributed by atoms with Gasteiger partial charge in [0.1, 0.15) is 0 Å². The molecule has 0 aliphatic rings. The van der Waals surface area contributed by atoms with Gasteiger partial charge in [-0.2, -0.15) is 0 Å². The molecule has 0 aromatic carbocycles. The van der Waals surface area contributed by atoms with Crippen molar-refractivity contribution in [2.75, 3.05) is 0 Å². The van der Waals surface area contributed by atoms with Crippen LogP contribution in [0, 0.1) is 0 Å². The third-order valence-electron chi connectivity index (χ3n) is 0.865. The summed E-state index contributed by atoms with van der Waals surface area (Å²) < 4.78 is 0. The summed E-state index contributed by atoms with van der Waals surface area (Å²) in [6.07, 6.45) is 0. The van der Waals surface area contributed by atoms with Crippen LogP contribution in [0.2, 0.25) is 19.1 Å². The maximum Gasteiger partial charge on any atom is 0.182 e. The van der Waals surface area contributed by atoms with Crippen LogP contribution in [0.5, 0.6) is 0 Å². The van der Waals surface area contributed by atoms with Crippen LogP contribution in [0.15, 0.2) is 0 Å². The van der Waals surface area contributed by atoms with Gasteiger partial charge < -0.3 is 4.80 Å². The zero-order valence-electron chi connectivity index (χ0n) is 5.15. The Hall–Kier alpha value is 0.891. The predicted molar refractivity (Wildman–Crippen MR) is 30.2 cm³/mol. The van der Waals surface area contributed by atoms with Crippen LogP contribution in [0.25, 0.3) is 0 Å². The molecule has 0 rings (SSSR count). The van der Waals surface area contributed by atoms with Gasteiger partial charge in [0.05, 0.1) is 0 Å². The van der Waals surface area contributed by atoms with Gasteiger partial charge in [0.15, 0.2) is 8.32 Å². The van der Waals surface area contributed by atoms with Gasteiger partial charge in [0, 0.05) is 21.7 Å². The average Bonchev–Trinajstić information content (AvgIpc) is 1.35. The normalized spacial score (nSPS) is 10.3. The first-order valence-electron chi connectivity index (χ1n) is 2.28. The summed E-state index contributed by atoms with van der Waals surface area (Å²) in [5.41, 5.74) is 0. The molecule has 1 nitrogen and oxygen atoms in total. The van der Waals surface area contributed by atoms with Crippen LogP contribution >= 0.6 is 0 Å². The van der Waals surface area contributed by atoms with Crippen LogP contribution in [-0.2, 0) is 21.7 Å². The second-order valence-electron chi connectivity index (χ2n) is 2.17. The van der Waals surface area contributed by atoms with E-state index in [2.05, 4.69) is 0 Å². The number of rotatable bonds is 1. The Morgan fingerprint density at radius 3 is 1.57 bits per heavy atom. The van der Waals surface area contributed by atoms with Crippen molar-refractivity contribution in [2.45, 2.75) is 26.1 Å². The Balaban J connectivity index is 0. The molecule has 0 fully saturated rings. The summed E-state index contributed by atoms with van der Waals surface area (Å²) in [5, 5.41) is 0. The van der Waals surface area contributed by atoms with Gasteiger partial charge in [0.2, 0.25) is 0 Å². The molecule has 1 N–H and O–H groups in total. The summed E-state index contributed by atoms with van der Waals surface area (Å²) in [6, 6.07) is 0.965. The van der Waals surface area contributed by atoms with Gasteiger partial charge in [-0.25, -0.2) is 0 Å². The molecular weight excluding hydrogens is 140 g/mol. The van der Waals surface area contributed by atoms with Crippen molar-refractivity contribution in [2.24, 2.45) is 0 Å². The van der Waals surface area contributed by atoms with E-state index >= 15 is 0 Å². The van der Waals surface area contributed by atoms with Crippen LogP contribution < -0.4 is 0 Å². The van der Waals surface area contributed by atoms with Crippen molar-refractivity contribution in [1.82, 2.24) is 0 Å². The fourth-order valence-electron chi connectivity index (χ4n) is 0. The molecule has 0 aromatic rings. The molecule has 0 aliphatic heterocycles. The third kappa shape index (κ3) is 10.9. The predicted octanol–water partition coefficient (Wildman–Crippen LogP) is 1.20. The quantitative estimate of drug-likeness (QED) is 0.560. The largest absolute Gasteiger partial charge is 0.432 e. The summed E-state index contributed by atoms with van der Waals surface area (Å²) in [6.45, 7) is 5.90. The molecule has 0 aliphatic carbocycles. The molecule has 0 spiro atoms. The molecule has 0 saturated heterocycles. The molecule has 0 bridgehead atoms. The SMILES string of the molecule is CC[Si](C)(C)O.[Ti]. The van der Waals surface area contributed by atoms with E-state index in [1.807, 2.05) is 20.0 Å². The van der Waals surface area contributed by atoms with Crippen molar-refractivity contribution in [3.05, 3.63) is 0 Å². The van der Waals surface area contributed by atoms with Crippen molar-refractivity contribution in [3.8, 4) is 0 Å². The van der Waals surface area contributed by atoms with E-state index in [1.54, 1.807) is 0 Å². The van der Waals surface area contributed by atoms with Crippen molar-refractivity contribution >= 4 is 8.32 Å². The van der Waals surface area contributed by atoms with Crippen molar-refractivity contribution in [3.63, 3.8) is 0 Å². The van der Waals surface area contributed by atoms with Gasteiger partial charge in [-0.1, -0.05) is 6.92 Å². The molecular formula is C4H12OSiTi. The van der Waals surface area contributed by atoms with Crippen LogP contribution in [0.1, 0.15) is 6.92 Å². The summed E-state index contributed by atoms with van der Waals surface area (Å²) in [7, 11) is -1.63. The van der Waals surface area contributed by atoms with Crippen LogP contribution in [0.4, 0.5) is 0 Å². The Kier molecular flexibility index (Phi) is 5.92. The fourth-order valence-corrected chi connectivity index (χ4v) is 0. The molecule has 0 heterocycles. The number of hydrogen-bond acceptors (Lipinski definition) is 1. The first-order valence-corrected chi connectivity index (χ1v) is 5.44. The van der Waals surface area contributed by atoms with Crippen LogP contribution in [0.3, 0.4) is 0 Å². The summed E-state index contributed by atoms with van der Waals surface area (Å²) in [4.78, 5) is 8.97. The molecule has 42 valence electrons. The van der Waals surface area contributed by atoms with E-state index in [0.29, 0.717) is 0 Å². The van der Waals surface area contributed by atoms with E-state index in [1.165, 1.54) is 0 Å². The Morgan fingerprint density at radius 1 is 1.43 bits per heavy atom. The topological polar surface area (TPSA) is 20.2 Å². The first kappa shape index (κ1) is 10.8. The maximum atomic E-state index is 8.97. The molecule has 0 radical (unpaired) electrons. The zero-order chi connectivity index (χ0) is 5.21. The minimum atomic E-state index is -1.63. The van der Waals surface area contributed by atoms with E-state index in [4.69, 9.17) is 4.80 Å². The molecule has 0 saturated carbocycles. The zero-order valence-corrected chi connectivity index (χ0v) is 7.72. The van der Waals surface area contributed by atoms with Gasteiger partial charge in [-0.3, -0.25) is 0 Å². The molecule has 7 heavy (non-hydrogen) atoms. The van der Waals surface area contributed by atoms with Gasteiger partial charge in [0.25, 0.3) is 0 Å². The average molecular weight is 152 g/mol. The summed E-state index contributed by atoms with van der Waals surface area (Å²) >= 11 is 0. The second kappa shape index (κ2) is 3.84. The molecule has 0 unspecified atom stereocenters. The minimum Gasteiger partial charge on any atom is -0.432 e. The molecule has 0 amide bonds. The second-order valence-corrected chi connectivity index (χ2v) is 6.50. The van der Waals surface area contributed by atoms with E-state index in [0.717, 1.165) is 6.04 Å². The number of hydrogen-bond donors (Lipinski definition) is 1. The van der Waals surface area contributed by atoms with E-state index < -0.39 is 8.32 Å².